The van der Waals surface area contributed by atoms with E-state index in [4.69, 9.17) is 0 Å². The van der Waals surface area contributed by atoms with E-state index in [1.807, 2.05) is 0 Å². The zero-order chi connectivity index (χ0) is 13.6. The van der Waals surface area contributed by atoms with Crippen LogP contribution in [0.4, 0.5) is 0 Å². The summed E-state index contributed by atoms with van der Waals surface area (Å²) < 4.78 is 0. The Bertz CT molecular complexity index is 214. The summed E-state index contributed by atoms with van der Waals surface area (Å²) in [4.78, 5) is 0. The molecule has 0 bridgehead atoms. The molecule has 108 valence electrons. The summed E-state index contributed by atoms with van der Waals surface area (Å²) in [5, 5.41) is 3.72. The highest BCUT2D eigenvalue weighted by atomic mass is 14.9. The van der Waals surface area contributed by atoms with Crippen LogP contribution in [0.25, 0.3) is 0 Å². The molecule has 2 unspecified atom stereocenters. The second-order valence-electron chi connectivity index (χ2n) is 7.76. The second kappa shape index (κ2) is 7.53. The molecule has 0 spiro atoms. The number of hydrogen-bond donors (Lipinski definition) is 1. The molecule has 1 saturated carbocycles. The summed E-state index contributed by atoms with van der Waals surface area (Å²) in [6.07, 6.45) is 10.2. The van der Waals surface area contributed by atoms with Crippen molar-refractivity contribution in [1.82, 2.24) is 5.32 Å². The lowest BCUT2D eigenvalue weighted by molar-refractivity contribution is 0.198. The Hall–Kier alpha value is -0.0400. The van der Waals surface area contributed by atoms with Gasteiger partial charge in [0.1, 0.15) is 0 Å². The second-order valence-corrected chi connectivity index (χ2v) is 7.76. The van der Waals surface area contributed by atoms with Gasteiger partial charge in [0, 0.05) is 5.54 Å². The van der Waals surface area contributed by atoms with Crippen LogP contribution in [-0.4, -0.2) is 12.1 Å². The van der Waals surface area contributed by atoms with Crippen LogP contribution < -0.4 is 5.32 Å². The van der Waals surface area contributed by atoms with Crippen molar-refractivity contribution < 1.29 is 0 Å². The first-order valence-electron chi connectivity index (χ1n) is 8.13. The lowest BCUT2D eigenvalue weighted by Gasteiger charge is -2.34. The van der Waals surface area contributed by atoms with Crippen LogP contribution in [0.1, 0.15) is 79.6 Å². The zero-order valence-electron chi connectivity index (χ0n) is 13.4. The molecule has 1 aliphatic rings. The maximum atomic E-state index is 3.72. The summed E-state index contributed by atoms with van der Waals surface area (Å²) in [6.45, 7) is 12.8. The normalized spacial score (nSPS) is 25.7. The van der Waals surface area contributed by atoms with Gasteiger partial charge < -0.3 is 5.32 Å². The van der Waals surface area contributed by atoms with Crippen LogP contribution in [0.2, 0.25) is 0 Å². The van der Waals surface area contributed by atoms with Crippen molar-refractivity contribution in [2.24, 2.45) is 17.8 Å². The summed E-state index contributed by atoms with van der Waals surface area (Å²) in [6, 6.07) is 0. The van der Waals surface area contributed by atoms with E-state index in [1.165, 1.54) is 51.5 Å². The van der Waals surface area contributed by atoms with E-state index in [-0.39, 0.29) is 5.54 Å². The van der Waals surface area contributed by atoms with Crippen LogP contribution in [0.3, 0.4) is 0 Å². The molecule has 2 atom stereocenters. The molecule has 0 aromatic heterocycles. The van der Waals surface area contributed by atoms with E-state index in [9.17, 15) is 0 Å². The highest BCUT2D eigenvalue weighted by molar-refractivity contribution is 4.80. The van der Waals surface area contributed by atoms with Crippen molar-refractivity contribution in [1.29, 1.82) is 0 Å². The van der Waals surface area contributed by atoms with Crippen molar-refractivity contribution in [2.75, 3.05) is 6.54 Å². The maximum absolute atomic E-state index is 3.72. The van der Waals surface area contributed by atoms with Crippen molar-refractivity contribution in [3.8, 4) is 0 Å². The van der Waals surface area contributed by atoms with Gasteiger partial charge in [0.05, 0.1) is 0 Å². The van der Waals surface area contributed by atoms with Gasteiger partial charge in [0.15, 0.2) is 0 Å². The third kappa shape index (κ3) is 6.78. The molecule has 1 N–H and O–H groups in total. The standard InChI is InChI=1S/C17H35N/c1-14(2)9-8-12-15-10-6-7-11-16(15)13-18-17(3,4)5/h14-16,18H,6-13H2,1-5H3. The van der Waals surface area contributed by atoms with Crippen molar-refractivity contribution in [3.63, 3.8) is 0 Å². The molecule has 0 saturated heterocycles. The summed E-state index contributed by atoms with van der Waals surface area (Å²) >= 11 is 0. The topological polar surface area (TPSA) is 12.0 Å². The molecule has 1 heteroatoms. The highest BCUT2D eigenvalue weighted by Gasteiger charge is 2.25. The minimum Gasteiger partial charge on any atom is -0.312 e. The third-order valence-electron chi connectivity index (χ3n) is 4.32. The van der Waals surface area contributed by atoms with E-state index in [0.29, 0.717) is 0 Å². The van der Waals surface area contributed by atoms with E-state index >= 15 is 0 Å². The van der Waals surface area contributed by atoms with Gasteiger partial charge >= 0.3 is 0 Å². The Morgan fingerprint density at radius 1 is 1.06 bits per heavy atom. The molecule has 1 fully saturated rings. The lowest BCUT2D eigenvalue weighted by atomic mass is 9.76. The summed E-state index contributed by atoms with van der Waals surface area (Å²) in [5.74, 6) is 2.80. The van der Waals surface area contributed by atoms with Gasteiger partial charge in [-0.1, -0.05) is 52.4 Å². The van der Waals surface area contributed by atoms with Crippen molar-refractivity contribution >= 4 is 0 Å². The van der Waals surface area contributed by atoms with Gasteiger partial charge in [-0.25, -0.2) is 0 Å². The van der Waals surface area contributed by atoms with E-state index in [0.717, 1.165) is 17.8 Å². The largest absolute Gasteiger partial charge is 0.312 e. The molecule has 0 aromatic rings. The monoisotopic (exact) mass is 253 g/mol. The molecule has 0 aliphatic heterocycles. The maximum Gasteiger partial charge on any atom is 0.00966 e. The predicted octanol–water partition coefficient (Wildman–Crippen LogP) is 5.01. The minimum absolute atomic E-state index is 0.278. The van der Waals surface area contributed by atoms with Gasteiger partial charge in [-0.3, -0.25) is 0 Å². The molecule has 18 heavy (non-hydrogen) atoms. The van der Waals surface area contributed by atoms with Crippen LogP contribution in [0, 0.1) is 17.8 Å². The summed E-state index contributed by atoms with van der Waals surface area (Å²) in [5.41, 5.74) is 0.278. The molecular weight excluding hydrogens is 218 g/mol. The number of hydrogen-bond acceptors (Lipinski definition) is 1. The van der Waals surface area contributed by atoms with Gasteiger partial charge in [0.25, 0.3) is 0 Å². The summed E-state index contributed by atoms with van der Waals surface area (Å²) in [7, 11) is 0. The van der Waals surface area contributed by atoms with Gasteiger partial charge in [-0.2, -0.15) is 0 Å². The van der Waals surface area contributed by atoms with Gasteiger partial charge in [0.2, 0.25) is 0 Å². The molecule has 0 heterocycles. The fourth-order valence-corrected chi connectivity index (χ4v) is 3.16. The molecule has 1 rings (SSSR count). The van der Waals surface area contributed by atoms with Crippen molar-refractivity contribution in [3.05, 3.63) is 0 Å². The fraction of sp³-hybridized carbons (Fsp3) is 1.00. The molecule has 0 radical (unpaired) electrons. The van der Waals surface area contributed by atoms with Crippen LogP contribution in [-0.2, 0) is 0 Å². The third-order valence-corrected chi connectivity index (χ3v) is 4.32. The van der Waals surface area contributed by atoms with Gasteiger partial charge in [-0.05, 0) is 51.5 Å². The first kappa shape index (κ1) is 16.0. The molecule has 0 aromatic carbocycles. The molecular formula is C17H35N. The Kier molecular flexibility index (Phi) is 6.70. The van der Waals surface area contributed by atoms with Crippen molar-refractivity contribution in [2.45, 2.75) is 85.1 Å². The predicted molar refractivity (Wildman–Crippen MR) is 81.9 cm³/mol. The Morgan fingerprint density at radius 3 is 2.22 bits per heavy atom. The van der Waals surface area contributed by atoms with Crippen LogP contribution >= 0.6 is 0 Å². The highest BCUT2D eigenvalue weighted by Crippen LogP contribution is 2.33. The first-order valence-corrected chi connectivity index (χ1v) is 8.13. The first-order chi connectivity index (χ1) is 8.38. The van der Waals surface area contributed by atoms with Crippen LogP contribution in [0.15, 0.2) is 0 Å². The average molecular weight is 253 g/mol. The number of nitrogens with one attached hydrogen (secondary N) is 1. The van der Waals surface area contributed by atoms with Crippen LogP contribution in [0.5, 0.6) is 0 Å². The smallest absolute Gasteiger partial charge is 0.00966 e. The Labute approximate surface area is 115 Å². The Balaban J connectivity index is 2.32. The number of rotatable bonds is 6. The zero-order valence-corrected chi connectivity index (χ0v) is 13.4. The van der Waals surface area contributed by atoms with Gasteiger partial charge in [-0.15, -0.1) is 0 Å². The lowest BCUT2D eigenvalue weighted by Crippen LogP contribution is -2.41. The Morgan fingerprint density at radius 2 is 1.67 bits per heavy atom. The van der Waals surface area contributed by atoms with E-state index < -0.39 is 0 Å². The molecule has 0 amide bonds. The average Bonchev–Trinajstić information content (AvgIpc) is 2.26. The fourth-order valence-electron chi connectivity index (χ4n) is 3.16. The minimum atomic E-state index is 0.278. The van der Waals surface area contributed by atoms with E-state index in [2.05, 4.69) is 39.9 Å². The van der Waals surface area contributed by atoms with E-state index in [1.54, 1.807) is 0 Å². The SMILES string of the molecule is CC(C)CCCC1CCCCC1CNC(C)(C)C. The molecule has 1 aliphatic carbocycles. The molecule has 1 nitrogen and oxygen atoms in total. The quantitative estimate of drug-likeness (QED) is 0.702.